The zero-order chi connectivity index (χ0) is 13.9. The molecule has 0 spiro atoms. The van der Waals surface area contributed by atoms with Gasteiger partial charge in [0.05, 0.1) is 4.90 Å². The van der Waals surface area contributed by atoms with E-state index in [0.29, 0.717) is 12.1 Å². The first-order chi connectivity index (χ1) is 9.04. The van der Waals surface area contributed by atoms with Crippen LogP contribution in [0.3, 0.4) is 0 Å². The van der Waals surface area contributed by atoms with Crippen LogP contribution in [0.1, 0.15) is 18.4 Å². The van der Waals surface area contributed by atoms with Gasteiger partial charge in [-0.15, -0.1) is 11.6 Å². The molecule has 0 bridgehead atoms. The van der Waals surface area contributed by atoms with Crippen molar-refractivity contribution in [3.8, 4) is 0 Å². The molecule has 0 saturated carbocycles. The molecule has 1 atom stereocenters. The van der Waals surface area contributed by atoms with Crippen molar-refractivity contribution >= 4 is 21.6 Å². The van der Waals surface area contributed by atoms with Crippen molar-refractivity contribution in [2.45, 2.75) is 29.7 Å². The maximum absolute atomic E-state index is 12.3. The van der Waals surface area contributed by atoms with Crippen LogP contribution in [0.5, 0.6) is 0 Å². The van der Waals surface area contributed by atoms with E-state index < -0.39 is 10.0 Å². The predicted molar refractivity (Wildman–Crippen MR) is 76.8 cm³/mol. The van der Waals surface area contributed by atoms with Gasteiger partial charge in [-0.1, -0.05) is 18.2 Å². The van der Waals surface area contributed by atoms with Gasteiger partial charge >= 0.3 is 0 Å². The number of halogens is 1. The number of likely N-dealkylation sites (tertiary alicyclic amines) is 1. The fraction of sp³-hybridized carbons (Fsp3) is 0.538. The van der Waals surface area contributed by atoms with Gasteiger partial charge in [0, 0.05) is 18.5 Å². The highest BCUT2D eigenvalue weighted by molar-refractivity contribution is 7.89. The molecule has 6 heteroatoms. The SMILES string of the molecule is CN1CCCC1CNS(=O)(=O)c1ccccc1CCl. The average Bonchev–Trinajstić information content (AvgIpc) is 2.82. The van der Waals surface area contributed by atoms with Crippen LogP contribution in [0.2, 0.25) is 0 Å². The highest BCUT2D eigenvalue weighted by atomic mass is 35.5. The van der Waals surface area contributed by atoms with E-state index in [2.05, 4.69) is 9.62 Å². The van der Waals surface area contributed by atoms with Gasteiger partial charge in [0.25, 0.3) is 0 Å². The van der Waals surface area contributed by atoms with Gasteiger partial charge in [0.1, 0.15) is 0 Å². The molecule has 1 aromatic carbocycles. The second kappa shape index (κ2) is 6.22. The number of rotatable bonds is 5. The fourth-order valence-corrected chi connectivity index (χ4v) is 4.02. The van der Waals surface area contributed by atoms with Crippen LogP contribution in [-0.2, 0) is 15.9 Å². The molecule has 0 radical (unpaired) electrons. The van der Waals surface area contributed by atoms with Gasteiger partial charge in [-0.25, -0.2) is 13.1 Å². The number of nitrogens with zero attached hydrogens (tertiary/aromatic N) is 1. The molecule has 1 aromatic rings. The van der Waals surface area contributed by atoms with Gasteiger partial charge in [-0.05, 0) is 38.1 Å². The van der Waals surface area contributed by atoms with Gasteiger partial charge < -0.3 is 4.90 Å². The van der Waals surface area contributed by atoms with Crippen molar-refractivity contribution in [2.75, 3.05) is 20.1 Å². The van der Waals surface area contributed by atoms with Crippen molar-refractivity contribution in [3.63, 3.8) is 0 Å². The van der Waals surface area contributed by atoms with Gasteiger partial charge in [-0.3, -0.25) is 0 Å². The van der Waals surface area contributed by atoms with E-state index in [1.54, 1.807) is 24.3 Å². The van der Waals surface area contributed by atoms with Crippen molar-refractivity contribution in [1.29, 1.82) is 0 Å². The average molecular weight is 303 g/mol. The Morgan fingerprint density at radius 3 is 2.79 bits per heavy atom. The van der Waals surface area contributed by atoms with Crippen LogP contribution in [-0.4, -0.2) is 39.5 Å². The molecule has 0 aromatic heterocycles. The monoisotopic (exact) mass is 302 g/mol. The highest BCUT2D eigenvalue weighted by Gasteiger charge is 2.24. The summed E-state index contributed by atoms with van der Waals surface area (Å²) in [6.07, 6.45) is 2.16. The Morgan fingerprint density at radius 1 is 1.42 bits per heavy atom. The lowest BCUT2D eigenvalue weighted by Gasteiger charge is -2.20. The quantitative estimate of drug-likeness (QED) is 0.844. The molecule has 2 rings (SSSR count). The zero-order valence-corrected chi connectivity index (χ0v) is 12.5. The first-order valence-corrected chi connectivity index (χ1v) is 8.40. The molecule has 1 saturated heterocycles. The standard InChI is InChI=1S/C13H19ClN2O2S/c1-16-8-4-6-12(16)10-15-19(17,18)13-7-3-2-5-11(13)9-14/h2-3,5,7,12,15H,4,6,8-10H2,1H3. The summed E-state index contributed by atoms with van der Waals surface area (Å²) in [7, 11) is -1.45. The Bertz CT molecular complexity index is 533. The summed E-state index contributed by atoms with van der Waals surface area (Å²) in [5, 5.41) is 0. The van der Waals surface area contributed by atoms with Gasteiger partial charge in [0.15, 0.2) is 0 Å². The molecule has 1 aliphatic heterocycles. The van der Waals surface area contributed by atoms with E-state index in [1.807, 2.05) is 7.05 Å². The van der Waals surface area contributed by atoms with E-state index in [-0.39, 0.29) is 16.8 Å². The first-order valence-electron chi connectivity index (χ1n) is 6.38. The van der Waals surface area contributed by atoms with E-state index in [9.17, 15) is 8.42 Å². The van der Waals surface area contributed by atoms with E-state index in [0.717, 1.165) is 19.4 Å². The Hall–Kier alpha value is -0.620. The molecule has 19 heavy (non-hydrogen) atoms. The second-order valence-corrected chi connectivity index (χ2v) is 6.87. The summed E-state index contributed by atoms with van der Waals surface area (Å²) in [6, 6.07) is 7.13. The zero-order valence-electron chi connectivity index (χ0n) is 11.0. The third-order valence-corrected chi connectivity index (χ3v) is 5.40. The molecule has 1 heterocycles. The summed E-state index contributed by atoms with van der Waals surface area (Å²) in [5.41, 5.74) is 0.636. The lowest BCUT2D eigenvalue weighted by molar-refractivity contribution is 0.311. The summed E-state index contributed by atoms with van der Waals surface area (Å²) in [4.78, 5) is 2.47. The van der Waals surface area contributed by atoms with Crippen molar-refractivity contribution in [3.05, 3.63) is 29.8 Å². The number of hydrogen-bond donors (Lipinski definition) is 1. The second-order valence-electron chi connectivity index (χ2n) is 4.87. The molecule has 1 N–H and O–H groups in total. The summed E-state index contributed by atoms with van der Waals surface area (Å²) >= 11 is 5.79. The minimum absolute atomic E-state index is 0.195. The van der Waals surface area contributed by atoms with E-state index in [4.69, 9.17) is 11.6 Å². The van der Waals surface area contributed by atoms with Crippen LogP contribution in [0.15, 0.2) is 29.2 Å². The third-order valence-electron chi connectivity index (χ3n) is 3.59. The fourth-order valence-electron chi connectivity index (χ4n) is 2.40. The molecule has 1 fully saturated rings. The Balaban J connectivity index is 2.09. The van der Waals surface area contributed by atoms with E-state index >= 15 is 0 Å². The van der Waals surface area contributed by atoms with Crippen molar-refractivity contribution < 1.29 is 8.42 Å². The van der Waals surface area contributed by atoms with Crippen LogP contribution in [0.25, 0.3) is 0 Å². The predicted octanol–water partition coefficient (Wildman–Crippen LogP) is 1.80. The van der Waals surface area contributed by atoms with Crippen molar-refractivity contribution in [2.24, 2.45) is 0 Å². The number of benzene rings is 1. The molecule has 4 nitrogen and oxygen atoms in total. The Labute approximate surface area is 119 Å². The number of likely N-dealkylation sites (N-methyl/N-ethyl adjacent to an activating group) is 1. The molecular weight excluding hydrogens is 284 g/mol. The maximum Gasteiger partial charge on any atom is 0.240 e. The Kier molecular flexibility index (Phi) is 4.84. The molecule has 106 valence electrons. The summed E-state index contributed by atoms with van der Waals surface area (Å²) in [6.45, 7) is 1.49. The van der Waals surface area contributed by atoms with Crippen LogP contribution in [0.4, 0.5) is 0 Å². The maximum atomic E-state index is 12.3. The Morgan fingerprint density at radius 2 is 2.16 bits per heavy atom. The molecule has 1 aliphatic rings. The third kappa shape index (κ3) is 3.48. The van der Waals surface area contributed by atoms with Crippen LogP contribution >= 0.6 is 11.6 Å². The lowest BCUT2D eigenvalue weighted by atomic mass is 10.2. The number of alkyl halides is 1. The molecule has 0 amide bonds. The van der Waals surface area contributed by atoms with Crippen LogP contribution in [0, 0.1) is 0 Å². The smallest absolute Gasteiger partial charge is 0.240 e. The lowest BCUT2D eigenvalue weighted by Crippen LogP contribution is -2.38. The highest BCUT2D eigenvalue weighted by Crippen LogP contribution is 2.18. The largest absolute Gasteiger partial charge is 0.302 e. The summed E-state index contributed by atoms with van der Waals surface area (Å²) in [5.74, 6) is 0.195. The minimum atomic E-state index is -3.48. The number of nitrogens with one attached hydrogen (secondary N) is 1. The number of hydrogen-bond acceptors (Lipinski definition) is 3. The van der Waals surface area contributed by atoms with Crippen LogP contribution < -0.4 is 4.72 Å². The van der Waals surface area contributed by atoms with Crippen molar-refractivity contribution in [1.82, 2.24) is 9.62 Å². The van der Waals surface area contributed by atoms with Gasteiger partial charge in [-0.2, -0.15) is 0 Å². The normalized spacial score (nSPS) is 20.8. The van der Waals surface area contributed by atoms with E-state index in [1.165, 1.54) is 0 Å². The number of sulfonamides is 1. The first kappa shape index (κ1) is 14.8. The molecule has 1 unspecified atom stereocenters. The topological polar surface area (TPSA) is 49.4 Å². The van der Waals surface area contributed by atoms with Gasteiger partial charge in [0.2, 0.25) is 10.0 Å². The molecule has 0 aliphatic carbocycles. The summed E-state index contributed by atoms with van der Waals surface area (Å²) < 4.78 is 27.3. The minimum Gasteiger partial charge on any atom is -0.302 e. The molecular formula is C13H19ClN2O2S.